The highest BCUT2D eigenvalue weighted by molar-refractivity contribution is 5.62. The minimum absolute atomic E-state index is 0.0967. The summed E-state index contributed by atoms with van der Waals surface area (Å²) in [4.78, 5) is 0. The van der Waals surface area contributed by atoms with Crippen molar-refractivity contribution in [3.8, 4) is 11.1 Å². The Morgan fingerprint density at radius 1 is 1.17 bits per heavy atom. The van der Waals surface area contributed by atoms with Gasteiger partial charge in [-0.1, -0.05) is 12.1 Å². The monoisotopic (exact) mass is 245 g/mol. The molecule has 0 radical (unpaired) electrons. The van der Waals surface area contributed by atoms with Gasteiger partial charge in [0.15, 0.2) is 0 Å². The Morgan fingerprint density at radius 2 is 2.00 bits per heavy atom. The molecule has 0 saturated carbocycles. The minimum Gasteiger partial charge on any atom is -0.317 e. The highest BCUT2D eigenvalue weighted by Crippen LogP contribution is 2.30. The number of nitrogens with one attached hydrogen (secondary N) is 2. The lowest BCUT2D eigenvalue weighted by atomic mass is 9.89. The quantitative estimate of drug-likeness (QED) is 0.854. The van der Waals surface area contributed by atoms with Crippen molar-refractivity contribution < 1.29 is 4.39 Å². The normalized spacial score (nSPS) is 16.9. The molecule has 3 rings (SSSR count). The fourth-order valence-electron chi connectivity index (χ4n) is 2.58. The van der Waals surface area contributed by atoms with Gasteiger partial charge in [0.1, 0.15) is 5.82 Å². The largest absolute Gasteiger partial charge is 0.317 e. The average molecular weight is 245 g/mol. The molecule has 0 spiro atoms. The standard InChI is InChI=1S/C14H16FN3/c15-14-7-11(12-8-17-18-9-12)1-2-13(14)10-3-5-16-6-4-10/h1-2,7-10,16H,3-6H2,(H,17,18). The summed E-state index contributed by atoms with van der Waals surface area (Å²) >= 11 is 0. The van der Waals surface area contributed by atoms with Crippen molar-refractivity contribution in [2.24, 2.45) is 0 Å². The van der Waals surface area contributed by atoms with E-state index in [0.717, 1.165) is 42.6 Å². The molecule has 3 nitrogen and oxygen atoms in total. The Hall–Kier alpha value is -1.68. The van der Waals surface area contributed by atoms with Gasteiger partial charge in [-0.25, -0.2) is 4.39 Å². The Bertz CT molecular complexity index is 516. The molecule has 1 aromatic heterocycles. The highest BCUT2D eigenvalue weighted by Gasteiger charge is 2.18. The molecule has 0 unspecified atom stereocenters. The Morgan fingerprint density at radius 3 is 2.67 bits per heavy atom. The van der Waals surface area contributed by atoms with Crippen LogP contribution >= 0.6 is 0 Å². The molecular weight excluding hydrogens is 229 g/mol. The Labute approximate surface area is 105 Å². The predicted octanol–water partition coefficient (Wildman–Crippen LogP) is 2.68. The number of halogens is 1. The number of benzene rings is 1. The van der Waals surface area contributed by atoms with Gasteiger partial charge in [-0.15, -0.1) is 0 Å². The van der Waals surface area contributed by atoms with E-state index in [4.69, 9.17) is 0 Å². The Balaban J connectivity index is 1.89. The van der Waals surface area contributed by atoms with Crippen molar-refractivity contribution in [2.45, 2.75) is 18.8 Å². The van der Waals surface area contributed by atoms with Crippen molar-refractivity contribution in [3.05, 3.63) is 42.0 Å². The first-order chi connectivity index (χ1) is 8.84. The maximum atomic E-state index is 14.2. The molecule has 0 amide bonds. The number of hydrogen-bond acceptors (Lipinski definition) is 2. The van der Waals surface area contributed by atoms with E-state index < -0.39 is 0 Å². The SMILES string of the molecule is Fc1cc(-c2cn[nH]c2)ccc1C1CCNCC1. The van der Waals surface area contributed by atoms with Gasteiger partial charge in [0.05, 0.1) is 6.20 Å². The van der Waals surface area contributed by atoms with Crippen molar-refractivity contribution in [3.63, 3.8) is 0 Å². The number of rotatable bonds is 2. The van der Waals surface area contributed by atoms with E-state index in [1.165, 1.54) is 0 Å². The fraction of sp³-hybridized carbons (Fsp3) is 0.357. The Kier molecular flexibility index (Phi) is 3.11. The molecule has 18 heavy (non-hydrogen) atoms. The summed E-state index contributed by atoms with van der Waals surface area (Å²) in [5, 5.41) is 9.93. The van der Waals surface area contributed by atoms with Crippen LogP contribution in [0.1, 0.15) is 24.3 Å². The van der Waals surface area contributed by atoms with Crippen LogP contribution in [-0.2, 0) is 0 Å². The van der Waals surface area contributed by atoms with Gasteiger partial charge in [-0.3, -0.25) is 5.10 Å². The molecule has 4 heteroatoms. The lowest BCUT2D eigenvalue weighted by Crippen LogP contribution is -2.27. The van der Waals surface area contributed by atoms with Crippen LogP contribution in [-0.4, -0.2) is 23.3 Å². The molecule has 1 aliphatic heterocycles. The van der Waals surface area contributed by atoms with Crippen LogP contribution in [0.5, 0.6) is 0 Å². The van der Waals surface area contributed by atoms with E-state index in [-0.39, 0.29) is 5.82 Å². The van der Waals surface area contributed by atoms with Gasteiger partial charge in [-0.05, 0) is 49.0 Å². The molecule has 2 N–H and O–H groups in total. The lowest BCUT2D eigenvalue weighted by Gasteiger charge is -2.23. The summed E-state index contributed by atoms with van der Waals surface area (Å²) < 4.78 is 14.2. The van der Waals surface area contributed by atoms with Crippen molar-refractivity contribution in [1.29, 1.82) is 0 Å². The van der Waals surface area contributed by atoms with Crippen LogP contribution in [0.2, 0.25) is 0 Å². The molecule has 0 bridgehead atoms. The first kappa shape index (κ1) is 11.4. The van der Waals surface area contributed by atoms with E-state index in [0.29, 0.717) is 5.92 Å². The first-order valence-corrected chi connectivity index (χ1v) is 6.34. The van der Waals surface area contributed by atoms with E-state index in [2.05, 4.69) is 15.5 Å². The maximum absolute atomic E-state index is 14.2. The second-order valence-corrected chi connectivity index (χ2v) is 4.75. The van der Waals surface area contributed by atoms with Crippen LogP contribution in [0.25, 0.3) is 11.1 Å². The topological polar surface area (TPSA) is 40.7 Å². The van der Waals surface area contributed by atoms with Crippen LogP contribution in [0.3, 0.4) is 0 Å². The molecule has 2 heterocycles. The molecule has 2 aromatic rings. The molecule has 1 fully saturated rings. The van der Waals surface area contributed by atoms with Crippen molar-refractivity contribution in [1.82, 2.24) is 15.5 Å². The zero-order valence-corrected chi connectivity index (χ0v) is 10.1. The van der Waals surface area contributed by atoms with Crippen LogP contribution in [0, 0.1) is 5.82 Å². The number of nitrogens with zero attached hydrogens (tertiary/aromatic N) is 1. The summed E-state index contributed by atoms with van der Waals surface area (Å²) in [5.41, 5.74) is 2.65. The average Bonchev–Trinajstić information content (AvgIpc) is 2.93. The smallest absolute Gasteiger partial charge is 0.127 e. The summed E-state index contributed by atoms with van der Waals surface area (Å²) in [6.07, 6.45) is 5.52. The molecule has 0 aliphatic carbocycles. The van der Waals surface area contributed by atoms with Crippen LogP contribution < -0.4 is 5.32 Å². The van der Waals surface area contributed by atoms with Crippen molar-refractivity contribution in [2.75, 3.05) is 13.1 Å². The van der Waals surface area contributed by atoms with Gasteiger partial charge in [0.2, 0.25) is 0 Å². The van der Waals surface area contributed by atoms with Gasteiger partial charge in [-0.2, -0.15) is 5.10 Å². The summed E-state index contributed by atoms with van der Waals surface area (Å²) in [6.45, 7) is 1.96. The van der Waals surface area contributed by atoms with Gasteiger partial charge < -0.3 is 5.32 Å². The third-order valence-electron chi connectivity index (χ3n) is 3.61. The number of aromatic nitrogens is 2. The summed E-state index contributed by atoms with van der Waals surface area (Å²) in [5.74, 6) is 0.255. The predicted molar refractivity (Wildman–Crippen MR) is 68.8 cm³/mol. The van der Waals surface area contributed by atoms with E-state index in [9.17, 15) is 4.39 Å². The molecule has 1 aromatic carbocycles. The third kappa shape index (κ3) is 2.16. The second-order valence-electron chi connectivity index (χ2n) is 4.75. The van der Waals surface area contributed by atoms with Gasteiger partial charge >= 0.3 is 0 Å². The highest BCUT2D eigenvalue weighted by atomic mass is 19.1. The van der Waals surface area contributed by atoms with E-state index in [1.807, 2.05) is 12.1 Å². The molecular formula is C14H16FN3. The number of H-pyrrole nitrogens is 1. The number of aromatic amines is 1. The minimum atomic E-state index is -0.0967. The molecule has 94 valence electrons. The molecule has 1 aliphatic rings. The molecule has 1 saturated heterocycles. The first-order valence-electron chi connectivity index (χ1n) is 6.34. The van der Waals surface area contributed by atoms with Crippen LogP contribution in [0.4, 0.5) is 4.39 Å². The number of hydrogen-bond donors (Lipinski definition) is 2. The summed E-state index contributed by atoms with van der Waals surface area (Å²) in [7, 11) is 0. The maximum Gasteiger partial charge on any atom is 0.127 e. The zero-order valence-electron chi connectivity index (χ0n) is 10.1. The molecule has 0 atom stereocenters. The van der Waals surface area contributed by atoms with Crippen LogP contribution in [0.15, 0.2) is 30.6 Å². The third-order valence-corrected chi connectivity index (χ3v) is 3.61. The lowest BCUT2D eigenvalue weighted by molar-refractivity contribution is 0.445. The zero-order chi connectivity index (χ0) is 12.4. The van der Waals surface area contributed by atoms with E-state index in [1.54, 1.807) is 18.5 Å². The second kappa shape index (κ2) is 4.90. The fourth-order valence-corrected chi connectivity index (χ4v) is 2.58. The van der Waals surface area contributed by atoms with Gasteiger partial charge in [0, 0.05) is 11.8 Å². The van der Waals surface area contributed by atoms with Gasteiger partial charge in [0.25, 0.3) is 0 Å². The van der Waals surface area contributed by atoms with E-state index >= 15 is 0 Å². The summed E-state index contributed by atoms with van der Waals surface area (Å²) in [6, 6.07) is 5.52. The number of piperidine rings is 1. The van der Waals surface area contributed by atoms with Crippen molar-refractivity contribution >= 4 is 0 Å².